The van der Waals surface area contributed by atoms with Crippen LogP contribution in [0.2, 0.25) is 5.02 Å². The zero-order chi connectivity index (χ0) is 16.6. The van der Waals surface area contributed by atoms with Gasteiger partial charge >= 0.3 is 0 Å². The fraction of sp³-hybridized carbons (Fsp3) is 0.235. The minimum absolute atomic E-state index is 0.146. The number of aromatic nitrogens is 2. The Morgan fingerprint density at radius 2 is 1.96 bits per heavy atom. The van der Waals surface area contributed by atoms with Crippen molar-refractivity contribution in [3.8, 4) is 0 Å². The average molecular weight is 331 g/mol. The molecule has 3 aromatic rings. The van der Waals surface area contributed by atoms with E-state index >= 15 is 0 Å². The Labute approximate surface area is 138 Å². The molecule has 0 aliphatic heterocycles. The van der Waals surface area contributed by atoms with Crippen molar-refractivity contribution in [3.63, 3.8) is 0 Å². The van der Waals surface area contributed by atoms with Crippen LogP contribution in [0.3, 0.4) is 0 Å². The summed E-state index contributed by atoms with van der Waals surface area (Å²) in [7, 11) is 0. The lowest BCUT2D eigenvalue weighted by Gasteiger charge is -2.03. The fourth-order valence-electron chi connectivity index (χ4n) is 2.32. The van der Waals surface area contributed by atoms with Crippen molar-refractivity contribution in [2.75, 3.05) is 0 Å². The van der Waals surface area contributed by atoms with Gasteiger partial charge in [0.05, 0.1) is 11.4 Å². The molecule has 0 atom stereocenters. The van der Waals surface area contributed by atoms with Crippen molar-refractivity contribution < 1.29 is 4.39 Å². The first-order chi connectivity index (χ1) is 11.0. The third-order valence-corrected chi connectivity index (χ3v) is 4.03. The number of rotatable bonds is 3. The highest BCUT2D eigenvalue weighted by Gasteiger charge is 2.15. The van der Waals surface area contributed by atoms with Crippen LogP contribution in [0.1, 0.15) is 31.0 Å². The molecule has 0 unspecified atom stereocenters. The maximum Gasteiger partial charge on any atom is 0.183 e. The Hall–Kier alpha value is -2.27. The number of nitrogens with zero attached hydrogens (tertiary/aromatic N) is 4. The lowest BCUT2D eigenvalue weighted by Crippen LogP contribution is -1.88. The minimum Gasteiger partial charge on any atom is -0.280 e. The van der Waals surface area contributed by atoms with E-state index in [1.807, 2.05) is 32.9 Å². The highest BCUT2D eigenvalue weighted by atomic mass is 35.5. The summed E-state index contributed by atoms with van der Waals surface area (Å²) in [6, 6.07) is 8.48. The second-order valence-electron chi connectivity index (χ2n) is 5.63. The van der Waals surface area contributed by atoms with E-state index in [4.69, 9.17) is 11.6 Å². The van der Waals surface area contributed by atoms with Crippen molar-refractivity contribution in [1.29, 1.82) is 0 Å². The van der Waals surface area contributed by atoms with Gasteiger partial charge in [-0.05, 0) is 42.7 Å². The highest BCUT2D eigenvalue weighted by molar-refractivity contribution is 6.31. The molecule has 0 saturated carbocycles. The summed E-state index contributed by atoms with van der Waals surface area (Å²) in [6.07, 6.45) is 1.37. The number of fused-ring (bicyclic) bond motifs is 1. The van der Waals surface area contributed by atoms with Crippen molar-refractivity contribution >= 4 is 28.8 Å². The van der Waals surface area contributed by atoms with Crippen LogP contribution in [0.4, 0.5) is 15.9 Å². The third kappa shape index (κ3) is 2.97. The molecule has 0 bridgehead atoms. The van der Waals surface area contributed by atoms with E-state index in [1.54, 1.807) is 16.5 Å². The lowest BCUT2D eigenvalue weighted by atomic mass is 10.1. The summed E-state index contributed by atoms with van der Waals surface area (Å²) in [6.45, 7) is 5.91. The van der Waals surface area contributed by atoms with Gasteiger partial charge in [-0.3, -0.25) is 4.40 Å². The quantitative estimate of drug-likeness (QED) is 0.545. The lowest BCUT2D eigenvalue weighted by molar-refractivity contribution is 0.619. The van der Waals surface area contributed by atoms with Crippen LogP contribution in [-0.4, -0.2) is 9.38 Å². The number of halogens is 2. The molecule has 2 aromatic heterocycles. The Morgan fingerprint density at radius 3 is 2.70 bits per heavy atom. The molecule has 0 spiro atoms. The largest absolute Gasteiger partial charge is 0.280 e. The average Bonchev–Trinajstić information content (AvgIpc) is 2.87. The molecule has 0 aliphatic rings. The van der Waals surface area contributed by atoms with Gasteiger partial charge in [-0.1, -0.05) is 31.5 Å². The van der Waals surface area contributed by atoms with Crippen LogP contribution in [0, 0.1) is 12.7 Å². The van der Waals surface area contributed by atoms with Crippen LogP contribution in [-0.2, 0) is 0 Å². The van der Waals surface area contributed by atoms with E-state index in [9.17, 15) is 4.39 Å². The first kappa shape index (κ1) is 15.6. The predicted octanol–water partition coefficient (Wildman–Crippen LogP) is 5.97. The molecule has 4 nitrogen and oxygen atoms in total. The summed E-state index contributed by atoms with van der Waals surface area (Å²) in [5.74, 6) is 0.335. The van der Waals surface area contributed by atoms with E-state index in [0.717, 1.165) is 11.3 Å². The number of hydrogen-bond acceptors (Lipinski definition) is 3. The zero-order valence-corrected chi connectivity index (χ0v) is 13.8. The molecule has 118 valence electrons. The second kappa shape index (κ2) is 6.08. The van der Waals surface area contributed by atoms with Gasteiger partial charge in [0.2, 0.25) is 0 Å². The number of benzene rings is 1. The molecule has 0 fully saturated rings. The summed E-state index contributed by atoms with van der Waals surface area (Å²) >= 11 is 6.10. The van der Waals surface area contributed by atoms with Crippen molar-refractivity contribution in [2.24, 2.45) is 10.2 Å². The van der Waals surface area contributed by atoms with Gasteiger partial charge in [0, 0.05) is 11.2 Å². The second-order valence-corrected chi connectivity index (χ2v) is 6.04. The summed E-state index contributed by atoms with van der Waals surface area (Å²) in [4.78, 5) is 4.52. The van der Waals surface area contributed by atoms with Crippen LogP contribution < -0.4 is 0 Å². The maximum atomic E-state index is 13.6. The van der Waals surface area contributed by atoms with Gasteiger partial charge in [0.15, 0.2) is 5.82 Å². The number of imidazole rings is 1. The molecular weight excluding hydrogens is 315 g/mol. The van der Waals surface area contributed by atoms with Crippen LogP contribution in [0.5, 0.6) is 0 Å². The molecular formula is C17H16ClFN4. The fourth-order valence-corrected chi connectivity index (χ4v) is 2.49. The van der Waals surface area contributed by atoms with Crippen molar-refractivity contribution in [3.05, 3.63) is 58.6 Å². The van der Waals surface area contributed by atoms with E-state index in [-0.39, 0.29) is 11.7 Å². The van der Waals surface area contributed by atoms with E-state index in [0.29, 0.717) is 22.2 Å². The van der Waals surface area contributed by atoms with Crippen molar-refractivity contribution in [2.45, 2.75) is 26.7 Å². The Morgan fingerprint density at radius 1 is 1.17 bits per heavy atom. The molecule has 0 amide bonds. The molecule has 3 rings (SSSR count). The van der Waals surface area contributed by atoms with Crippen LogP contribution >= 0.6 is 11.6 Å². The Kier molecular flexibility index (Phi) is 4.13. The summed E-state index contributed by atoms with van der Waals surface area (Å²) < 4.78 is 15.2. The zero-order valence-electron chi connectivity index (χ0n) is 13.1. The summed E-state index contributed by atoms with van der Waals surface area (Å²) in [5, 5.41) is 9.25. The molecule has 0 aliphatic carbocycles. The van der Waals surface area contributed by atoms with E-state index in [1.165, 1.54) is 12.3 Å². The highest BCUT2D eigenvalue weighted by Crippen LogP contribution is 2.31. The standard InChI is InChI=1S/C17H16ClFN4/c1-10(2)16-17(23-9-12(19)7-8-15(23)20-16)22-21-14-6-4-5-13(18)11(14)3/h4-10H,1-3H3. The molecule has 0 radical (unpaired) electrons. The molecule has 1 aromatic carbocycles. The normalized spacial score (nSPS) is 11.9. The molecule has 6 heteroatoms. The topological polar surface area (TPSA) is 42.0 Å². The summed E-state index contributed by atoms with van der Waals surface area (Å²) in [5.41, 5.74) is 2.95. The van der Waals surface area contributed by atoms with Gasteiger partial charge in [0.25, 0.3) is 0 Å². The van der Waals surface area contributed by atoms with E-state index < -0.39 is 0 Å². The van der Waals surface area contributed by atoms with Gasteiger partial charge in [-0.2, -0.15) is 0 Å². The molecule has 2 heterocycles. The Bertz CT molecular complexity index is 899. The smallest absolute Gasteiger partial charge is 0.183 e. The van der Waals surface area contributed by atoms with Gasteiger partial charge in [-0.25, -0.2) is 9.37 Å². The van der Waals surface area contributed by atoms with Crippen LogP contribution in [0.25, 0.3) is 5.65 Å². The number of pyridine rings is 1. The predicted molar refractivity (Wildman–Crippen MR) is 89.6 cm³/mol. The first-order valence-electron chi connectivity index (χ1n) is 7.31. The van der Waals surface area contributed by atoms with Gasteiger partial charge < -0.3 is 0 Å². The molecule has 23 heavy (non-hydrogen) atoms. The monoisotopic (exact) mass is 330 g/mol. The Balaban J connectivity index is 2.14. The van der Waals surface area contributed by atoms with Gasteiger partial charge in [-0.15, -0.1) is 10.2 Å². The van der Waals surface area contributed by atoms with Gasteiger partial charge in [0.1, 0.15) is 11.5 Å². The third-order valence-electron chi connectivity index (χ3n) is 3.62. The minimum atomic E-state index is -0.347. The maximum absolute atomic E-state index is 13.6. The SMILES string of the molecule is Cc1c(Cl)cccc1N=Nc1c(C(C)C)nc2ccc(F)cn12. The molecule has 0 N–H and O–H groups in total. The van der Waals surface area contributed by atoms with Crippen LogP contribution in [0.15, 0.2) is 46.8 Å². The van der Waals surface area contributed by atoms with E-state index in [2.05, 4.69) is 15.2 Å². The number of hydrogen-bond donors (Lipinski definition) is 0. The van der Waals surface area contributed by atoms with Crippen molar-refractivity contribution in [1.82, 2.24) is 9.38 Å². The first-order valence-corrected chi connectivity index (χ1v) is 7.69. The molecule has 0 saturated heterocycles. The number of azo groups is 1.